The maximum absolute atomic E-state index is 8.97. The van der Waals surface area contributed by atoms with Crippen molar-refractivity contribution in [2.75, 3.05) is 19.8 Å². The molecular weight excluding hydrogens is 130 g/mol. The average molecular weight is 140 g/mol. The van der Waals surface area contributed by atoms with E-state index in [9.17, 15) is 0 Å². The predicted molar refractivity (Wildman–Crippen MR) is 32.1 cm³/mol. The third kappa shape index (κ3) is 1.32. The minimum atomic E-state index is -0.681. The van der Waals surface area contributed by atoms with E-state index in [1.54, 1.807) is 0 Å². The normalized spacial score (nSPS) is 23.2. The van der Waals surface area contributed by atoms with E-state index in [0.29, 0.717) is 19.8 Å². The molecule has 4 heteroatoms. The lowest BCUT2D eigenvalue weighted by atomic mass is 10.0. The van der Waals surface area contributed by atoms with Crippen LogP contribution >= 0.6 is 12.4 Å². The highest BCUT2D eigenvalue weighted by Gasteiger charge is 2.33. The molecule has 1 saturated heterocycles. The van der Waals surface area contributed by atoms with Crippen LogP contribution in [0.4, 0.5) is 0 Å². The summed E-state index contributed by atoms with van der Waals surface area (Å²) in [5, 5.41) is 8.97. The van der Waals surface area contributed by atoms with Gasteiger partial charge < -0.3 is 15.6 Å². The molecule has 1 fully saturated rings. The third-order valence-electron chi connectivity index (χ3n) is 1.12. The summed E-state index contributed by atoms with van der Waals surface area (Å²) in [7, 11) is 0. The van der Waals surface area contributed by atoms with Gasteiger partial charge in [0.15, 0.2) is 0 Å². The van der Waals surface area contributed by atoms with Crippen LogP contribution in [0.25, 0.3) is 0 Å². The van der Waals surface area contributed by atoms with Crippen molar-refractivity contribution >= 4 is 12.4 Å². The summed E-state index contributed by atoms with van der Waals surface area (Å²) >= 11 is 0. The largest absolute Gasteiger partial charge is 0.384 e. The molecule has 3 N–H and O–H groups in total. The van der Waals surface area contributed by atoms with E-state index in [-0.39, 0.29) is 12.4 Å². The average Bonchev–Trinajstić information content (AvgIpc) is 1.61. The summed E-state index contributed by atoms with van der Waals surface area (Å²) in [5.41, 5.74) is 4.46. The fourth-order valence-electron chi connectivity index (χ4n) is 0.456. The molecule has 0 bridgehead atoms. The molecular formula is C4H10ClNO2. The van der Waals surface area contributed by atoms with Gasteiger partial charge in [-0.15, -0.1) is 12.4 Å². The van der Waals surface area contributed by atoms with Gasteiger partial charge in [-0.25, -0.2) is 0 Å². The highest BCUT2D eigenvalue weighted by Crippen LogP contribution is 2.13. The first-order chi connectivity index (χ1) is 3.27. The maximum atomic E-state index is 8.97. The predicted octanol–water partition coefficient (Wildman–Crippen LogP) is -0.872. The van der Waals surface area contributed by atoms with Crippen LogP contribution in [0.2, 0.25) is 0 Å². The van der Waals surface area contributed by atoms with Crippen molar-refractivity contribution in [3.8, 4) is 0 Å². The Bertz CT molecular complexity index is 68.9. The van der Waals surface area contributed by atoms with Gasteiger partial charge in [0.25, 0.3) is 0 Å². The number of aliphatic hydroxyl groups is 1. The number of halogens is 1. The molecule has 0 atom stereocenters. The molecule has 1 aliphatic rings. The maximum Gasteiger partial charge on any atom is 0.123 e. The molecule has 8 heavy (non-hydrogen) atoms. The molecule has 0 aromatic heterocycles. The Morgan fingerprint density at radius 1 is 1.62 bits per heavy atom. The molecule has 0 aromatic carbocycles. The second kappa shape index (κ2) is 2.64. The molecule has 0 amide bonds. The SMILES string of the molecule is Cl.NCC1(O)COC1. The minimum Gasteiger partial charge on any atom is -0.384 e. The Morgan fingerprint density at radius 3 is 2.12 bits per heavy atom. The molecule has 0 saturated carbocycles. The van der Waals surface area contributed by atoms with Gasteiger partial charge in [0, 0.05) is 6.54 Å². The van der Waals surface area contributed by atoms with Gasteiger partial charge in [0.2, 0.25) is 0 Å². The van der Waals surface area contributed by atoms with E-state index in [1.807, 2.05) is 0 Å². The first kappa shape index (κ1) is 8.17. The standard InChI is InChI=1S/C4H9NO2.ClH/c5-1-4(6)2-7-3-4;/h6H,1-3,5H2;1H. The lowest BCUT2D eigenvalue weighted by Gasteiger charge is -2.34. The molecule has 0 unspecified atom stereocenters. The fraction of sp³-hybridized carbons (Fsp3) is 1.00. The molecule has 0 radical (unpaired) electrons. The zero-order chi connectivity index (χ0) is 5.33. The second-order valence-electron chi connectivity index (χ2n) is 1.92. The van der Waals surface area contributed by atoms with Crippen LogP contribution in [-0.2, 0) is 4.74 Å². The summed E-state index contributed by atoms with van der Waals surface area (Å²) in [6.45, 7) is 1.12. The lowest BCUT2D eigenvalue weighted by molar-refractivity contribution is -0.171. The van der Waals surface area contributed by atoms with Gasteiger partial charge in [0.1, 0.15) is 5.60 Å². The fourth-order valence-corrected chi connectivity index (χ4v) is 0.456. The zero-order valence-corrected chi connectivity index (χ0v) is 5.28. The first-order valence-corrected chi connectivity index (χ1v) is 2.27. The van der Waals surface area contributed by atoms with Crippen LogP contribution in [0.1, 0.15) is 0 Å². The highest BCUT2D eigenvalue weighted by molar-refractivity contribution is 5.85. The summed E-state index contributed by atoms with van der Waals surface area (Å²) in [6.07, 6.45) is 0. The van der Waals surface area contributed by atoms with Crippen LogP contribution < -0.4 is 5.73 Å². The van der Waals surface area contributed by atoms with Gasteiger partial charge in [0.05, 0.1) is 13.2 Å². The molecule has 1 aliphatic heterocycles. The highest BCUT2D eigenvalue weighted by atomic mass is 35.5. The smallest absolute Gasteiger partial charge is 0.123 e. The van der Waals surface area contributed by atoms with Crippen molar-refractivity contribution in [2.24, 2.45) is 5.73 Å². The van der Waals surface area contributed by atoms with E-state index < -0.39 is 5.60 Å². The number of hydrogen-bond acceptors (Lipinski definition) is 3. The van der Waals surface area contributed by atoms with Crippen molar-refractivity contribution in [2.45, 2.75) is 5.60 Å². The van der Waals surface area contributed by atoms with Gasteiger partial charge in [-0.05, 0) is 0 Å². The number of hydrogen-bond donors (Lipinski definition) is 2. The third-order valence-corrected chi connectivity index (χ3v) is 1.12. The van der Waals surface area contributed by atoms with Crippen molar-refractivity contribution in [3.05, 3.63) is 0 Å². The first-order valence-electron chi connectivity index (χ1n) is 2.27. The van der Waals surface area contributed by atoms with E-state index in [4.69, 9.17) is 15.6 Å². The van der Waals surface area contributed by atoms with Gasteiger partial charge >= 0.3 is 0 Å². The van der Waals surface area contributed by atoms with Crippen molar-refractivity contribution < 1.29 is 9.84 Å². The van der Waals surface area contributed by atoms with Crippen molar-refractivity contribution in [3.63, 3.8) is 0 Å². The van der Waals surface area contributed by atoms with Gasteiger partial charge in [-0.3, -0.25) is 0 Å². The van der Waals surface area contributed by atoms with E-state index in [0.717, 1.165) is 0 Å². The molecule has 0 aliphatic carbocycles. The topological polar surface area (TPSA) is 55.5 Å². The molecule has 0 aromatic rings. The summed E-state index contributed by atoms with van der Waals surface area (Å²) in [6, 6.07) is 0. The molecule has 1 heterocycles. The molecule has 50 valence electrons. The minimum absolute atomic E-state index is 0. The van der Waals surface area contributed by atoms with Crippen molar-refractivity contribution in [1.82, 2.24) is 0 Å². The monoisotopic (exact) mass is 139 g/mol. The van der Waals surface area contributed by atoms with Gasteiger partial charge in [-0.1, -0.05) is 0 Å². The Balaban J connectivity index is 0.000000490. The Morgan fingerprint density at radius 2 is 2.12 bits per heavy atom. The second-order valence-corrected chi connectivity index (χ2v) is 1.92. The molecule has 1 rings (SSSR count). The summed E-state index contributed by atoms with van der Waals surface area (Å²) in [5.74, 6) is 0. The number of rotatable bonds is 1. The van der Waals surface area contributed by atoms with E-state index in [1.165, 1.54) is 0 Å². The van der Waals surface area contributed by atoms with Crippen LogP contribution in [0.15, 0.2) is 0 Å². The Kier molecular flexibility index (Phi) is 2.70. The van der Waals surface area contributed by atoms with Crippen LogP contribution in [0, 0.1) is 0 Å². The lowest BCUT2D eigenvalue weighted by Crippen LogP contribution is -2.54. The van der Waals surface area contributed by atoms with Crippen LogP contribution in [0.3, 0.4) is 0 Å². The van der Waals surface area contributed by atoms with Crippen LogP contribution in [-0.4, -0.2) is 30.5 Å². The summed E-state index contributed by atoms with van der Waals surface area (Å²) in [4.78, 5) is 0. The Hall–Kier alpha value is 0.170. The zero-order valence-electron chi connectivity index (χ0n) is 4.46. The van der Waals surface area contributed by atoms with E-state index >= 15 is 0 Å². The van der Waals surface area contributed by atoms with Crippen LogP contribution in [0.5, 0.6) is 0 Å². The van der Waals surface area contributed by atoms with Crippen molar-refractivity contribution in [1.29, 1.82) is 0 Å². The molecule has 0 spiro atoms. The quantitative estimate of drug-likeness (QED) is 0.497. The molecule has 3 nitrogen and oxygen atoms in total. The summed E-state index contributed by atoms with van der Waals surface area (Å²) < 4.78 is 4.70. The Labute approximate surface area is 54.2 Å². The van der Waals surface area contributed by atoms with Gasteiger partial charge in [-0.2, -0.15) is 0 Å². The number of nitrogens with two attached hydrogens (primary N) is 1. The number of ether oxygens (including phenoxy) is 1. The van der Waals surface area contributed by atoms with E-state index in [2.05, 4.69) is 0 Å².